The Bertz CT molecular complexity index is 402. The number of hydrogen-bond acceptors (Lipinski definition) is 2. The van der Waals surface area contributed by atoms with Gasteiger partial charge in [-0.3, -0.25) is 14.6 Å². The number of nitrogens with one attached hydrogen (secondary N) is 1. The Labute approximate surface area is 89.9 Å². The topological polar surface area (TPSA) is 41.0 Å². The highest BCUT2D eigenvalue weighted by molar-refractivity contribution is 5.20. The van der Waals surface area contributed by atoms with Gasteiger partial charge in [-0.25, -0.2) is 0 Å². The summed E-state index contributed by atoms with van der Waals surface area (Å²) in [4.78, 5) is 13.9. The van der Waals surface area contributed by atoms with Gasteiger partial charge in [0.25, 0.3) is 5.56 Å². The summed E-state index contributed by atoms with van der Waals surface area (Å²) in [6, 6.07) is 0. The van der Waals surface area contributed by atoms with Crippen LogP contribution in [0.2, 0.25) is 0 Å². The molecule has 0 bridgehead atoms. The van der Waals surface area contributed by atoms with Crippen LogP contribution in [0.5, 0.6) is 0 Å². The van der Waals surface area contributed by atoms with Gasteiger partial charge < -0.3 is 4.90 Å². The van der Waals surface area contributed by atoms with Crippen LogP contribution in [0.4, 0.5) is 0 Å². The number of hydrogen-bond donors (Lipinski definition) is 1. The summed E-state index contributed by atoms with van der Waals surface area (Å²) >= 11 is 0. The molecule has 15 heavy (non-hydrogen) atoms. The highest BCUT2D eigenvalue weighted by Gasteiger charge is 2.21. The van der Waals surface area contributed by atoms with Crippen molar-refractivity contribution in [1.82, 2.24) is 14.7 Å². The number of H-pyrrole nitrogens is 1. The molecule has 0 unspecified atom stereocenters. The van der Waals surface area contributed by atoms with E-state index in [4.69, 9.17) is 0 Å². The van der Waals surface area contributed by atoms with Crippen molar-refractivity contribution in [2.45, 2.75) is 33.4 Å². The molecule has 0 spiro atoms. The average molecular weight is 209 g/mol. The summed E-state index contributed by atoms with van der Waals surface area (Å²) in [6.07, 6.45) is 0.881. The molecule has 1 aliphatic heterocycles. The zero-order valence-corrected chi connectivity index (χ0v) is 9.71. The van der Waals surface area contributed by atoms with Crippen LogP contribution in [-0.4, -0.2) is 28.3 Å². The van der Waals surface area contributed by atoms with Gasteiger partial charge in [-0.15, -0.1) is 0 Å². The highest BCUT2D eigenvalue weighted by atomic mass is 16.1. The Hall–Kier alpha value is -1.03. The van der Waals surface area contributed by atoms with Crippen molar-refractivity contribution in [3.63, 3.8) is 0 Å². The summed E-state index contributed by atoms with van der Waals surface area (Å²) in [7, 11) is 2.10. The Morgan fingerprint density at radius 2 is 2.20 bits per heavy atom. The van der Waals surface area contributed by atoms with Crippen molar-refractivity contribution < 1.29 is 0 Å². The maximum Gasteiger partial charge on any atom is 0.267 e. The molecule has 0 aliphatic carbocycles. The van der Waals surface area contributed by atoms with E-state index in [1.165, 1.54) is 5.69 Å². The van der Waals surface area contributed by atoms with E-state index in [0.29, 0.717) is 5.92 Å². The zero-order chi connectivity index (χ0) is 11.0. The van der Waals surface area contributed by atoms with Crippen LogP contribution in [0, 0.1) is 5.92 Å². The molecule has 84 valence electrons. The number of aromatic amines is 1. The first-order valence-electron chi connectivity index (χ1n) is 5.57. The molecule has 0 amide bonds. The standard InChI is InChI=1S/C11H19N3O/c1-8(2)6-14-10-7-13(3)5-4-9(10)11(15)12-14/h8H,4-7H2,1-3H3,(H,12,15). The van der Waals surface area contributed by atoms with E-state index in [1.54, 1.807) is 0 Å². The quantitative estimate of drug-likeness (QED) is 0.783. The molecule has 2 heterocycles. The molecule has 1 aliphatic rings. The van der Waals surface area contributed by atoms with Gasteiger partial charge in [-0.1, -0.05) is 13.8 Å². The first-order valence-corrected chi connectivity index (χ1v) is 5.57. The molecule has 4 nitrogen and oxygen atoms in total. The summed E-state index contributed by atoms with van der Waals surface area (Å²) < 4.78 is 2.03. The fourth-order valence-electron chi connectivity index (χ4n) is 2.15. The van der Waals surface area contributed by atoms with Crippen molar-refractivity contribution in [3.8, 4) is 0 Å². The number of nitrogens with zero attached hydrogens (tertiary/aromatic N) is 2. The third-order valence-electron chi connectivity index (χ3n) is 2.90. The van der Waals surface area contributed by atoms with Gasteiger partial charge in [0.1, 0.15) is 0 Å². The molecule has 1 aromatic rings. The van der Waals surface area contributed by atoms with Gasteiger partial charge >= 0.3 is 0 Å². The molecule has 0 radical (unpaired) electrons. The van der Waals surface area contributed by atoms with Gasteiger partial charge in [0, 0.05) is 25.2 Å². The molecule has 0 fully saturated rings. The van der Waals surface area contributed by atoms with E-state index in [-0.39, 0.29) is 5.56 Å². The van der Waals surface area contributed by atoms with E-state index in [2.05, 4.69) is 30.9 Å². The highest BCUT2D eigenvalue weighted by Crippen LogP contribution is 2.15. The Balaban J connectivity index is 2.36. The molecule has 2 rings (SSSR count). The molecule has 1 aromatic heterocycles. The fraction of sp³-hybridized carbons (Fsp3) is 0.727. The lowest BCUT2D eigenvalue weighted by molar-refractivity contribution is 0.296. The minimum absolute atomic E-state index is 0.110. The molecular weight excluding hydrogens is 190 g/mol. The molecular formula is C11H19N3O. The molecule has 0 saturated carbocycles. The lowest BCUT2D eigenvalue weighted by atomic mass is 10.1. The van der Waals surface area contributed by atoms with E-state index in [0.717, 1.165) is 31.6 Å². The van der Waals surface area contributed by atoms with Crippen molar-refractivity contribution in [1.29, 1.82) is 0 Å². The molecule has 0 saturated heterocycles. The lowest BCUT2D eigenvalue weighted by Crippen LogP contribution is -2.29. The number of likely N-dealkylation sites (N-methyl/N-ethyl adjacent to an activating group) is 1. The van der Waals surface area contributed by atoms with Crippen molar-refractivity contribution in [2.24, 2.45) is 5.92 Å². The lowest BCUT2D eigenvalue weighted by Gasteiger charge is -2.23. The Morgan fingerprint density at radius 3 is 2.87 bits per heavy atom. The number of aromatic nitrogens is 2. The second-order valence-electron chi connectivity index (χ2n) is 4.86. The van der Waals surface area contributed by atoms with Crippen LogP contribution < -0.4 is 5.56 Å². The summed E-state index contributed by atoms with van der Waals surface area (Å²) in [5.74, 6) is 0.560. The van der Waals surface area contributed by atoms with Crippen LogP contribution in [0.25, 0.3) is 0 Å². The molecule has 0 atom stereocenters. The monoisotopic (exact) mass is 209 g/mol. The first-order chi connectivity index (χ1) is 7.08. The van der Waals surface area contributed by atoms with Crippen LogP contribution in [0.1, 0.15) is 25.1 Å². The summed E-state index contributed by atoms with van der Waals surface area (Å²) in [5, 5.41) is 2.94. The number of fused-ring (bicyclic) bond motifs is 1. The van der Waals surface area contributed by atoms with E-state index < -0.39 is 0 Å². The minimum Gasteiger partial charge on any atom is -0.300 e. The fourth-order valence-corrected chi connectivity index (χ4v) is 2.15. The van der Waals surface area contributed by atoms with Crippen LogP contribution in [0.3, 0.4) is 0 Å². The molecule has 0 aromatic carbocycles. The number of rotatable bonds is 2. The Kier molecular flexibility index (Phi) is 2.69. The van der Waals surface area contributed by atoms with E-state index in [1.807, 2.05) is 4.68 Å². The van der Waals surface area contributed by atoms with Gasteiger partial charge in [-0.05, 0) is 19.4 Å². The zero-order valence-electron chi connectivity index (χ0n) is 9.71. The molecule has 1 N–H and O–H groups in total. The maximum absolute atomic E-state index is 11.7. The van der Waals surface area contributed by atoms with Crippen molar-refractivity contribution >= 4 is 0 Å². The normalized spacial score (nSPS) is 17.1. The third-order valence-corrected chi connectivity index (χ3v) is 2.90. The van der Waals surface area contributed by atoms with Gasteiger partial charge in [-0.2, -0.15) is 0 Å². The second-order valence-corrected chi connectivity index (χ2v) is 4.86. The predicted octanol–water partition coefficient (Wildman–Crippen LogP) is 0.820. The molecule has 4 heteroatoms. The van der Waals surface area contributed by atoms with Gasteiger partial charge in [0.2, 0.25) is 0 Å². The smallest absolute Gasteiger partial charge is 0.267 e. The van der Waals surface area contributed by atoms with Crippen LogP contribution in [0.15, 0.2) is 4.79 Å². The SMILES string of the molecule is CC(C)Cn1[nH]c(=O)c2c1CN(C)CC2. The van der Waals surface area contributed by atoms with Gasteiger partial charge in [0.05, 0.1) is 5.69 Å². The summed E-state index contributed by atoms with van der Waals surface area (Å²) in [6.45, 7) is 7.11. The van der Waals surface area contributed by atoms with Crippen molar-refractivity contribution in [2.75, 3.05) is 13.6 Å². The van der Waals surface area contributed by atoms with Crippen LogP contribution in [-0.2, 0) is 19.5 Å². The Morgan fingerprint density at radius 1 is 1.47 bits per heavy atom. The predicted molar refractivity (Wildman–Crippen MR) is 59.9 cm³/mol. The second kappa shape index (κ2) is 3.85. The van der Waals surface area contributed by atoms with Gasteiger partial charge in [0.15, 0.2) is 0 Å². The van der Waals surface area contributed by atoms with Crippen molar-refractivity contribution in [3.05, 3.63) is 21.6 Å². The maximum atomic E-state index is 11.7. The minimum atomic E-state index is 0.110. The average Bonchev–Trinajstić information content (AvgIpc) is 2.42. The third kappa shape index (κ3) is 2.00. The first kappa shape index (κ1) is 10.5. The van der Waals surface area contributed by atoms with E-state index in [9.17, 15) is 4.79 Å². The van der Waals surface area contributed by atoms with E-state index >= 15 is 0 Å². The largest absolute Gasteiger partial charge is 0.300 e. The van der Waals surface area contributed by atoms with Crippen LogP contribution >= 0.6 is 0 Å². The summed E-state index contributed by atoms with van der Waals surface area (Å²) in [5.41, 5.74) is 2.29.